The average molecular weight is 294 g/mol. The fourth-order valence-electron chi connectivity index (χ4n) is 1.38. The third-order valence-corrected chi connectivity index (χ3v) is 2.52. The standard InChI is InChI=1S/C11H21N2.C2HF3O2/c1-3-5-7-12-9-10-13(11-12)8-6-4-2;3-2(4,5)1(6)7/h9-11H,3-8H2,1-2H3;(H,6,7)/q+1;/p-1. The Balaban J connectivity index is 0.000000441. The second kappa shape index (κ2) is 9.39. The molecule has 1 aromatic rings. The number of imidazole rings is 1. The second-order valence-electron chi connectivity index (χ2n) is 4.38. The molecule has 4 nitrogen and oxygen atoms in total. The van der Waals surface area contributed by atoms with Crippen LogP contribution in [0, 0.1) is 0 Å². The van der Waals surface area contributed by atoms with E-state index in [1.807, 2.05) is 0 Å². The molecule has 1 rings (SSSR count). The molecule has 0 aromatic carbocycles. The van der Waals surface area contributed by atoms with Crippen molar-refractivity contribution in [1.29, 1.82) is 0 Å². The molecule has 1 heterocycles. The van der Waals surface area contributed by atoms with Crippen molar-refractivity contribution in [3.8, 4) is 0 Å². The van der Waals surface area contributed by atoms with Gasteiger partial charge in [-0.1, -0.05) is 26.7 Å². The van der Waals surface area contributed by atoms with E-state index in [2.05, 4.69) is 41.7 Å². The van der Waals surface area contributed by atoms with E-state index in [0.29, 0.717) is 0 Å². The first-order valence-corrected chi connectivity index (χ1v) is 6.64. The van der Waals surface area contributed by atoms with Crippen molar-refractivity contribution in [3.63, 3.8) is 0 Å². The summed E-state index contributed by atoms with van der Waals surface area (Å²) < 4.78 is 36.1. The zero-order valence-corrected chi connectivity index (χ0v) is 11.8. The number of aryl methyl sites for hydroxylation is 2. The van der Waals surface area contributed by atoms with E-state index in [9.17, 15) is 13.2 Å². The minimum absolute atomic E-state index is 1.16. The third-order valence-electron chi connectivity index (χ3n) is 2.52. The normalized spacial score (nSPS) is 10.8. The molecule has 0 unspecified atom stereocenters. The molecular weight excluding hydrogens is 273 g/mol. The molecule has 0 bridgehead atoms. The van der Waals surface area contributed by atoms with Gasteiger partial charge >= 0.3 is 6.18 Å². The molecule has 0 N–H and O–H groups in total. The minimum atomic E-state index is -5.19. The van der Waals surface area contributed by atoms with E-state index in [1.54, 1.807) is 0 Å². The molecule has 0 atom stereocenters. The molecule has 0 fully saturated rings. The Labute approximate surface area is 116 Å². The summed E-state index contributed by atoms with van der Waals surface area (Å²) in [5.74, 6) is -3.01. The number of carbonyl (C=O) groups is 1. The van der Waals surface area contributed by atoms with Crippen LogP contribution in [-0.4, -0.2) is 16.7 Å². The molecular formula is C13H21F3N2O2. The molecule has 0 saturated heterocycles. The predicted molar refractivity (Wildman–Crippen MR) is 65.5 cm³/mol. The summed E-state index contributed by atoms with van der Waals surface area (Å²) in [6.45, 7) is 6.79. The van der Waals surface area contributed by atoms with Gasteiger partial charge in [-0.15, -0.1) is 0 Å². The highest BCUT2D eigenvalue weighted by Gasteiger charge is 2.28. The van der Waals surface area contributed by atoms with Gasteiger partial charge in [0, 0.05) is 0 Å². The highest BCUT2D eigenvalue weighted by atomic mass is 19.4. The van der Waals surface area contributed by atoms with Crippen LogP contribution in [0.1, 0.15) is 39.5 Å². The van der Waals surface area contributed by atoms with Crippen LogP contribution < -0.4 is 9.67 Å². The SMILES string of the molecule is CCCCn1cc[n+](CCCC)c1.O=C([O-])C(F)(F)F. The van der Waals surface area contributed by atoms with Crippen molar-refractivity contribution in [2.45, 2.75) is 58.8 Å². The van der Waals surface area contributed by atoms with Gasteiger partial charge in [-0.25, -0.2) is 9.13 Å². The lowest BCUT2D eigenvalue weighted by molar-refractivity contribution is -0.696. The number of aliphatic carboxylic acids is 1. The van der Waals surface area contributed by atoms with Gasteiger partial charge in [0.2, 0.25) is 6.33 Å². The molecule has 116 valence electrons. The zero-order chi connectivity index (χ0) is 15.6. The number of alkyl halides is 3. The summed E-state index contributed by atoms with van der Waals surface area (Å²) in [7, 11) is 0. The maximum atomic E-state index is 10.5. The Bertz CT molecular complexity index is 367. The summed E-state index contributed by atoms with van der Waals surface area (Å²) in [5, 5.41) is 8.78. The van der Waals surface area contributed by atoms with Gasteiger partial charge in [-0.3, -0.25) is 0 Å². The Morgan fingerprint density at radius 3 is 2.25 bits per heavy atom. The lowest BCUT2D eigenvalue weighted by Crippen LogP contribution is -2.37. The van der Waals surface area contributed by atoms with Gasteiger partial charge in [0.05, 0.1) is 13.1 Å². The van der Waals surface area contributed by atoms with Crippen LogP contribution >= 0.6 is 0 Å². The van der Waals surface area contributed by atoms with Gasteiger partial charge in [0.1, 0.15) is 18.4 Å². The number of carboxylic acid groups (broad SMARTS) is 1. The first-order chi connectivity index (χ1) is 9.31. The predicted octanol–water partition coefficient (Wildman–Crippen LogP) is 1.67. The summed E-state index contributed by atoms with van der Waals surface area (Å²) in [4.78, 5) is 8.78. The Morgan fingerprint density at radius 2 is 1.80 bits per heavy atom. The Hall–Kier alpha value is -1.53. The van der Waals surface area contributed by atoms with Crippen molar-refractivity contribution in [2.24, 2.45) is 0 Å². The minimum Gasteiger partial charge on any atom is -0.542 e. The number of carbonyl (C=O) groups excluding carboxylic acids is 1. The van der Waals surface area contributed by atoms with Crippen LogP contribution in [0.4, 0.5) is 13.2 Å². The molecule has 0 spiro atoms. The van der Waals surface area contributed by atoms with Crippen molar-refractivity contribution >= 4 is 5.97 Å². The molecule has 20 heavy (non-hydrogen) atoms. The molecule has 0 radical (unpaired) electrons. The van der Waals surface area contributed by atoms with Crippen molar-refractivity contribution < 1.29 is 27.6 Å². The van der Waals surface area contributed by atoms with Crippen LogP contribution in [0.2, 0.25) is 0 Å². The summed E-state index contributed by atoms with van der Waals surface area (Å²) in [5.41, 5.74) is 0. The summed E-state index contributed by atoms with van der Waals surface area (Å²) in [6.07, 6.45) is 6.47. The van der Waals surface area contributed by atoms with Gasteiger partial charge in [0.15, 0.2) is 0 Å². The number of hydrogen-bond donors (Lipinski definition) is 0. The quantitative estimate of drug-likeness (QED) is 0.749. The maximum Gasteiger partial charge on any atom is 0.430 e. The van der Waals surface area contributed by atoms with E-state index in [0.717, 1.165) is 13.1 Å². The molecule has 0 aliphatic rings. The fraction of sp³-hybridized carbons (Fsp3) is 0.692. The Morgan fingerprint density at radius 1 is 1.25 bits per heavy atom. The maximum absolute atomic E-state index is 10.5. The van der Waals surface area contributed by atoms with Gasteiger partial charge in [-0.2, -0.15) is 13.2 Å². The third kappa shape index (κ3) is 8.55. The zero-order valence-electron chi connectivity index (χ0n) is 11.8. The number of nitrogens with zero attached hydrogens (tertiary/aromatic N) is 2. The van der Waals surface area contributed by atoms with Crippen LogP contribution in [0.3, 0.4) is 0 Å². The van der Waals surface area contributed by atoms with Crippen LogP contribution in [0.25, 0.3) is 0 Å². The first kappa shape index (κ1) is 18.5. The van der Waals surface area contributed by atoms with E-state index in [-0.39, 0.29) is 0 Å². The van der Waals surface area contributed by atoms with Crippen molar-refractivity contribution in [1.82, 2.24) is 4.57 Å². The van der Waals surface area contributed by atoms with E-state index in [4.69, 9.17) is 9.90 Å². The second-order valence-corrected chi connectivity index (χ2v) is 4.38. The molecule has 1 aromatic heterocycles. The highest BCUT2D eigenvalue weighted by Crippen LogP contribution is 2.11. The number of hydrogen-bond acceptors (Lipinski definition) is 2. The average Bonchev–Trinajstić information content (AvgIpc) is 2.81. The summed E-state index contributed by atoms with van der Waals surface area (Å²) >= 11 is 0. The number of halogens is 3. The van der Waals surface area contributed by atoms with Crippen LogP contribution in [-0.2, 0) is 17.9 Å². The van der Waals surface area contributed by atoms with Crippen LogP contribution in [0.5, 0.6) is 0 Å². The number of aromatic nitrogens is 2. The molecule has 0 amide bonds. The Kier molecular flexibility index (Phi) is 8.67. The molecule has 0 aliphatic heterocycles. The largest absolute Gasteiger partial charge is 0.542 e. The monoisotopic (exact) mass is 294 g/mol. The van der Waals surface area contributed by atoms with E-state index in [1.165, 1.54) is 25.7 Å². The lowest BCUT2D eigenvalue weighted by Gasteiger charge is -2.03. The van der Waals surface area contributed by atoms with E-state index >= 15 is 0 Å². The van der Waals surface area contributed by atoms with Crippen molar-refractivity contribution in [3.05, 3.63) is 18.7 Å². The molecule has 7 heteroatoms. The van der Waals surface area contributed by atoms with E-state index < -0.39 is 12.1 Å². The van der Waals surface area contributed by atoms with Gasteiger partial charge < -0.3 is 9.90 Å². The molecule has 0 aliphatic carbocycles. The fourth-order valence-corrected chi connectivity index (χ4v) is 1.38. The smallest absolute Gasteiger partial charge is 0.430 e. The van der Waals surface area contributed by atoms with Gasteiger partial charge in [0.25, 0.3) is 0 Å². The topological polar surface area (TPSA) is 48.9 Å². The molecule has 0 saturated carbocycles. The summed E-state index contributed by atoms with van der Waals surface area (Å²) in [6, 6.07) is 0. The van der Waals surface area contributed by atoms with Gasteiger partial charge in [-0.05, 0) is 12.8 Å². The first-order valence-electron chi connectivity index (χ1n) is 6.64. The number of unbranched alkanes of at least 4 members (excludes halogenated alkanes) is 2. The lowest BCUT2D eigenvalue weighted by atomic mass is 10.3. The number of rotatable bonds is 6. The van der Waals surface area contributed by atoms with Crippen LogP contribution in [0.15, 0.2) is 18.7 Å². The highest BCUT2D eigenvalue weighted by molar-refractivity contribution is 5.70. The number of carboxylic acids is 1. The van der Waals surface area contributed by atoms with Crippen molar-refractivity contribution in [2.75, 3.05) is 0 Å².